The lowest BCUT2D eigenvalue weighted by molar-refractivity contribution is -0.161. The largest absolute Gasteiger partial charge is 0.472 e. The van der Waals surface area contributed by atoms with E-state index in [-0.39, 0.29) is 25.7 Å². The molecule has 3 N–H and O–H groups in total. The van der Waals surface area contributed by atoms with Crippen molar-refractivity contribution in [1.29, 1.82) is 0 Å². The summed E-state index contributed by atoms with van der Waals surface area (Å²) in [7, 11) is -9.92. The van der Waals surface area contributed by atoms with Gasteiger partial charge in [0.15, 0.2) is 12.2 Å². The quantitative estimate of drug-likeness (QED) is 0.0222. The molecule has 0 aliphatic heterocycles. The molecule has 17 nitrogen and oxygen atoms in total. The molecular formula is C81H158O17P2. The summed E-state index contributed by atoms with van der Waals surface area (Å²) in [6.07, 6.45) is 59.6. The molecule has 4 unspecified atom stereocenters. The Morgan fingerprint density at radius 3 is 0.760 bits per heavy atom. The van der Waals surface area contributed by atoms with Crippen molar-refractivity contribution in [1.82, 2.24) is 0 Å². The van der Waals surface area contributed by atoms with E-state index in [1.165, 1.54) is 225 Å². The second-order valence-electron chi connectivity index (χ2n) is 30.1. The van der Waals surface area contributed by atoms with Crippen LogP contribution < -0.4 is 0 Å². The molecule has 0 saturated carbocycles. The van der Waals surface area contributed by atoms with Gasteiger partial charge in [0.05, 0.1) is 26.4 Å². The first-order chi connectivity index (χ1) is 48.3. The second-order valence-corrected chi connectivity index (χ2v) is 33.0. The van der Waals surface area contributed by atoms with Gasteiger partial charge in [-0.15, -0.1) is 0 Å². The lowest BCUT2D eigenvalue weighted by Crippen LogP contribution is -2.30. The van der Waals surface area contributed by atoms with Crippen LogP contribution in [0.3, 0.4) is 0 Å². The molecule has 594 valence electrons. The minimum absolute atomic E-state index is 0.105. The molecule has 0 spiro atoms. The van der Waals surface area contributed by atoms with Gasteiger partial charge >= 0.3 is 39.5 Å². The number of aliphatic hydroxyl groups excluding tert-OH is 1. The first kappa shape index (κ1) is 98.1. The Morgan fingerprint density at radius 2 is 0.510 bits per heavy atom. The fraction of sp³-hybridized carbons (Fsp3) is 0.951. The zero-order valence-corrected chi connectivity index (χ0v) is 67.5. The Hall–Kier alpha value is -1.94. The summed E-state index contributed by atoms with van der Waals surface area (Å²) in [5.41, 5.74) is 0. The van der Waals surface area contributed by atoms with E-state index < -0.39 is 97.5 Å². The Morgan fingerprint density at radius 1 is 0.290 bits per heavy atom. The Balaban J connectivity index is 5.25. The van der Waals surface area contributed by atoms with E-state index in [1.807, 2.05) is 0 Å². The maximum absolute atomic E-state index is 13.1. The molecule has 0 heterocycles. The number of aliphatic hydroxyl groups is 1. The first-order valence-electron chi connectivity index (χ1n) is 41.9. The van der Waals surface area contributed by atoms with Gasteiger partial charge < -0.3 is 33.8 Å². The van der Waals surface area contributed by atoms with Gasteiger partial charge in [0, 0.05) is 25.7 Å². The van der Waals surface area contributed by atoms with E-state index in [0.29, 0.717) is 25.7 Å². The van der Waals surface area contributed by atoms with Crippen LogP contribution in [0.15, 0.2) is 0 Å². The Bertz CT molecular complexity index is 1940. The van der Waals surface area contributed by atoms with Crippen molar-refractivity contribution in [2.24, 2.45) is 17.8 Å². The predicted octanol–water partition coefficient (Wildman–Crippen LogP) is 24.1. The molecule has 0 fully saturated rings. The molecule has 0 amide bonds. The number of ether oxygens (including phenoxy) is 4. The standard InChI is InChI=1S/C81H158O17P2/c1-8-11-12-13-14-15-16-17-18-19-23-26-29-35-40-48-55-62-78(83)91-68-76(97-80(85)64-57-50-41-36-30-27-24-21-20-22-25-28-33-38-45-52-59-72(4)5)70-95-99(87,88)93-66-75(82)67-94-100(89,90)96-71-77(69-92-79(84)63-56-49-44-43-47-54-61-74(7)10-3)98-81(86)65-58-51-42-37-32-31-34-39-46-53-60-73(6)9-2/h72-77,82H,8-71H2,1-7H3,(H,87,88)(H,89,90)/t73?,74?,75-,76-,77-/m1/s1. The summed E-state index contributed by atoms with van der Waals surface area (Å²) in [5.74, 6) is 0.231. The van der Waals surface area contributed by atoms with Crippen molar-refractivity contribution < 1.29 is 80.2 Å². The molecule has 0 aromatic heterocycles. The van der Waals surface area contributed by atoms with Crippen LogP contribution in [-0.4, -0.2) is 96.7 Å². The van der Waals surface area contributed by atoms with E-state index in [0.717, 1.165) is 114 Å². The highest BCUT2D eigenvalue weighted by Gasteiger charge is 2.30. The van der Waals surface area contributed by atoms with Gasteiger partial charge in [0.2, 0.25) is 0 Å². The van der Waals surface area contributed by atoms with Gasteiger partial charge in [-0.1, -0.05) is 370 Å². The predicted molar refractivity (Wildman–Crippen MR) is 409 cm³/mol. The number of esters is 4. The van der Waals surface area contributed by atoms with Crippen molar-refractivity contribution in [3.05, 3.63) is 0 Å². The lowest BCUT2D eigenvalue weighted by atomic mass is 9.99. The molecule has 0 aliphatic carbocycles. The Kier molecular flexibility index (Phi) is 69.9. The minimum Gasteiger partial charge on any atom is -0.462 e. The van der Waals surface area contributed by atoms with Crippen molar-refractivity contribution in [2.75, 3.05) is 39.6 Å². The highest BCUT2D eigenvalue weighted by atomic mass is 31.2. The number of phosphoric ester groups is 2. The molecule has 0 aromatic rings. The second kappa shape index (κ2) is 71.3. The highest BCUT2D eigenvalue weighted by molar-refractivity contribution is 7.47. The molecular weight excluding hydrogens is 1310 g/mol. The summed E-state index contributed by atoms with van der Waals surface area (Å²) < 4.78 is 68.7. The van der Waals surface area contributed by atoms with Crippen LogP contribution in [0.4, 0.5) is 0 Å². The molecule has 0 bridgehead atoms. The maximum Gasteiger partial charge on any atom is 0.472 e. The number of phosphoric acid groups is 2. The normalized spacial score (nSPS) is 14.5. The van der Waals surface area contributed by atoms with E-state index in [4.69, 9.17) is 37.0 Å². The maximum atomic E-state index is 13.1. The van der Waals surface area contributed by atoms with Gasteiger partial charge in [0.25, 0.3) is 0 Å². The fourth-order valence-electron chi connectivity index (χ4n) is 12.4. The van der Waals surface area contributed by atoms with Gasteiger partial charge in [-0.25, -0.2) is 9.13 Å². The number of hydrogen-bond acceptors (Lipinski definition) is 15. The summed E-state index contributed by atoms with van der Waals surface area (Å²) in [6.45, 7) is 12.0. The van der Waals surface area contributed by atoms with Crippen LogP contribution in [0.5, 0.6) is 0 Å². The van der Waals surface area contributed by atoms with Gasteiger partial charge in [-0.2, -0.15) is 0 Å². The number of unbranched alkanes of at least 4 members (excludes halogenated alkanes) is 45. The summed E-state index contributed by atoms with van der Waals surface area (Å²) >= 11 is 0. The number of rotatable bonds is 79. The SMILES string of the molecule is CCCCCCCCCCCCCCCCCCCC(=O)OC[C@H](COP(=O)(O)OC[C@@H](O)COP(=O)(O)OC[C@@H](COC(=O)CCCCCCCCC(C)CC)OC(=O)CCCCCCCCCCCCC(C)CC)OC(=O)CCCCCCCCCCCCCCCCCCC(C)C. The number of carbonyl (C=O) groups excluding carboxylic acids is 4. The fourth-order valence-corrected chi connectivity index (χ4v) is 14.0. The zero-order valence-electron chi connectivity index (χ0n) is 65.7. The van der Waals surface area contributed by atoms with Crippen LogP contribution in [-0.2, 0) is 65.4 Å². The van der Waals surface area contributed by atoms with Crippen LogP contribution in [0.2, 0.25) is 0 Å². The van der Waals surface area contributed by atoms with Gasteiger partial charge in [-0.3, -0.25) is 37.3 Å². The summed E-state index contributed by atoms with van der Waals surface area (Å²) in [4.78, 5) is 73.0. The van der Waals surface area contributed by atoms with Crippen LogP contribution in [0, 0.1) is 17.8 Å². The molecule has 0 aliphatic rings. The summed E-state index contributed by atoms with van der Waals surface area (Å²) in [6, 6.07) is 0. The molecule has 0 saturated heterocycles. The van der Waals surface area contributed by atoms with E-state index in [9.17, 15) is 43.2 Å². The van der Waals surface area contributed by atoms with Crippen molar-refractivity contribution in [3.63, 3.8) is 0 Å². The van der Waals surface area contributed by atoms with Crippen molar-refractivity contribution >= 4 is 39.5 Å². The number of hydrogen-bond donors (Lipinski definition) is 3. The average molecular weight is 1470 g/mol. The molecule has 100 heavy (non-hydrogen) atoms. The minimum atomic E-state index is -4.96. The van der Waals surface area contributed by atoms with E-state index in [2.05, 4.69) is 48.5 Å². The average Bonchev–Trinajstić information content (AvgIpc) is 0.974. The van der Waals surface area contributed by atoms with E-state index in [1.54, 1.807) is 0 Å². The highest BCUT2D eigenvalue weighted by Crippen LogP contribution is 2.45. The number of carbonyl (C=O) groups is 4. The van der Waals surface area contributed by atoms with Gasteiger partial charge in [-0.05, 0) is 43.4 Å². The van der Waals surface area contributed by atoms with Gasteiger partial charge in [0.1, 0.15) is 19.3 Å². The molecule has 0 rings (SSSR count). The third-order valence-electron chi connectivity index (χ3n) is 19.6. The zero-order chi connectivity index (χ0) is 73.7. The van der Waals surface area contributed by atoms with Crippen LogP contribution in [0.25, 0.3) is 0 Å². The molecule has 19 heteroatoms. The molecule has 0 aromatic carbocycles. The Labute approximate surface area is 613 Å². The third kappa shape index (κ3) is 71.7. The smallest absolute Gasteiger partial charge is 0.462 e. The molecule has 0 radical (unpaired) electrons. The first-order valence-corrected chi connectivity index (χ1v) is 44.9. The van der Waals surface area contributed by atoms with Crippen LogP contribution >= 0.6 is 15.6 Å². The van der Waals surface area contributed by atoms with Crippen LogP contribution in [0.1, 0.15) is 421 Å². The van der Waals surface area contributed by atoms with E-state index >= 15 is 0 Å². The molecule has 7 atom stereocenters. The topological polar surface area (TPSA) is 237 Å². The van der Waals surface area contributed by atoms with Crippen molar-refractivity contribution in [2.45, 2.75) is 439 Å². The monoisotopic (exact) mass is 1470 g/mol. The lowest BCUT2D eigenvalue weighted by Gasteiger charge is -2.21. The van der Waals surface area contributed by atoms with Crippen molar-refractivity contribution in [3.8, 4) is 0 Å². The third-order valence-corrected chi connectivity index (χ3v) is 21.5. The summed E-state index contributed by atoms with van der Waals surface area (Å²) in [5, 5.41) is 10.6.